The number of ether oxygens (including phenoxy) is 3. The minimum atomic E-state index is 0.188. The number of nitrogens with two attached hydrogens (primary N) is 1. The van der Waals surface area contributed by atoms with E-state index in [2.05, 4.69) is 20.0 Å². The van der Waals surface area contributed by atoms with Crippen molar-refractivity contribution >= 4 is 22.8 Å². The Hall–Kier alpha value is -3.99. The van der Waals surface area contributed by atoms with Crippen molar-refractivity contribution < 1.29 is 14.2 Å². The van der Waals surface area contributed by atoms with Gasteiger partial charge in [-0.1, -0.05) is 6.07 Å². The van der Waals surface area contributed by atoms with Gasteiger partial charge in [-0.2, -0.15) is 14.6 Å². The van der Waals surface area contributed by atoms with Crippen LogP contribution in [-0.4, -0.2) is 70.2 Å². The number of nitrogen functional groups attached to an aromatic ring is 1. The van der Waals surface area contributed by atoms with Gasteiger partial charge in [-0.15, -0.1) is 5.10 Å². The van der Waals surface area contributed by atoms with Gasteiger partial charge >= 0.3 is 0 Å². The number of morpholine rings is 1. The fraction of sp³-hybridized carbons (Fsp3) is 0.286. The smallest absolute Gasteiger partial charge is 0.228 e. The van der Waals surface area contributed by atoms with Crippen molar-refractivity contribution in [3.63, 3.8) is 0 Å². The molecule has 0 radical (unpaired) electrons. The molecule has 1 fully saturated rings. The van der Waals surface area contributed by atoms with E-state index in [-0.39, 0.29) is 5.95 Å². The molecule has 1 aliphatic rings. The molecule has 4 heterocycles. The molecule has 1 aromatic carbocycles. The van der Waals surface area contributed by atoms with E-state index in [0.29, 0.717) is 72.0 Å². The number of anilines is 2. The zero-order valence-corrected chi connectivity index (χ0v) is 17.7. The average Bonchev–Trinajstić information content (AvgIpc) is 3.24. The summed E-state index contributed by atoms with van der Waals surface area (Å²) in [5, 5.41) is 5.30. The number of pyridine rings is 1. The summed E-state index contributed by atoms with van der Waals surface area (Å²) in [7, 11) is 3.17. The first-order chi connectivity index (χ1) is 15.7. The first-order valence-electron chi connectivity index (χ1n) is 10.1. The molecule has 0 unspecified atom stereocenters. The summed E-state index contributed by atoms with van der Waals surface area (Å²) >= 11 is 0. The molecule has 4 aromatic rings. The third-order valence-electron chi connectivity index (χ3n) is 5.19. The molecule has 0 aliphatic carbocycles. The monoisotopic (exact) mass is 434 g/mol. The third-order valence-corrected chi connectivity index (χ3v) is 5.19. The van der Waals surface area contributed by atoms with E-state index < -0.39 is 0 Å². The Balaban J connectivity index is 1.72. The van der Waals surface area contributed by atoms with Crippen LogP contribution < -0.4 is 20.1 Å². The number of fused-ring (bicyclic) bond motifs is 1. The number of rotatable bonds is 5. The molecule has 3 aromatic heterocycles. The number of benzene rings is 1. The molecule has 164 valence electrons. The molecule has 0 amide bonds. The molecule has 11 nitrogen and oxygen atoms in total. The van der Waals surface area contributed by atoms with Crippen molar-refractivity contribution in [1.82, 2.24) is 29.7 Å². The van der Waals surface area contributed by atoms with Crippen molar-refractivity contribution in [2.24, 2.45) is 0 Å². The van der Waals surface area contributed by atoms with Gasteiger partial charge in [-0.05, 0) is 18.2 Å². The Bertz CT molecular complexity index is 1260. The van der Waals surface area contributed by atoms with E-state index >= 15 is 0 Å². The van der Waals surface area contributed by atoms with Gasteiger partial charge in [0.2, 0.25) is 17.7 Å². The fourth-order valence-corrected chi connectivity index (χ4v) is 3.58. The predicted molar refractivity (Wildman–Crippen MR) is 118 cm³/mol. The van der Waals surface area contributed by atoms with Gasteiger partial charge in [0.05, 0.1) is 33.0 Å². The zero-order valence-electron chi connectivity index (χ0n) is 17.7. The zero-order chi connectivity index (χ0) is 22.1. The highest BCUT2D eigenvalue weighted by Gasteiger charge is 2.22. The van der Waals surface area contributed by atoms with Crippen molar-refractivity contribution in [2.75, 3.05) is 51.2 Å². The third kappa shape index (κ3) is 3.52. The summed E-state index contributed by atoms with van der Waals surface area (Å²) in [6.45, 7) is 2.59. The summed E-state index contributed by atoms with van der Waals surface area (Å²) in [4.78, 5) is 20.4. The summed E-state index contributed by atoms with van der Waals surface area (Å²) in [6.07, 6.45) is 1.68. The fourth-order valence-electron chi connectivity index (χ4n) is 3.58. The number of nitrogens with zero attached hydrogens (tertiary/aromatic N) is 7. The first-order valence-corrected chi connectivity index (χ1v) is 10.1. The van der Waals surface area contributed by atoms with E-state index in [1.807, 2.05) is 30.3 Å². The van der Waals surface area contributed by atoms with E-state index in [4.69, 9.17) is 29.9 Å². The molecule has 0 atom stereocenters. The molecule has 0 spiro atoms. The minimum Gasteiger partial charge on any atom is -0.493 e. The van der Waals surface area contributed by atoms with E-state index in [1.165, 1.54) is 4.68 Å². The number of methoxy groups -OCH3 is 2. The number of hydrogen-bond acceptors (Lipinski definition) is 10. The van der Waals surface area contributed by atoms with Crippen LogP contribution in [-0.2, 0) is 4.74 Å². The number of hydrogen-bond donors (Lipinski definition) is 1. The molecule has 1 saturated heterocycles. The summed E-state index contributed by atoms with van der Waals surface area (Å²) in [5.74, 6) is 2.75. The lowest BCUT2D eigenvalue weighted by Crippen LogP contribution is -2.37. The Morgan fingerprint density at radius 2 is 1.78 bits per heavy atom. The molecule has 2 N–H and O–H groups in total. The average molecular weight is 434 g/mol. The second kappa shape index (κ2) is 8.27. The lowest BCUT2D eigenvalue weighted by molar-refractivity contribution is 0.122. The number of aromatic nitrogens is 6. The molecule has 0 bridgehead atoms. The predicted octanol–water partition coefficient (Wildman–Crippen LogP) is 1.71. The highest BCUT2D eigenvalue weighted by atomic mass is 16.5. The lowest BCUT2D eigenvalue weighted by Gasteiger charge is -2.27. The van der Waals surface area contributed by atoms with Crippen molar-refractivity contribution in [2.45, 2.75) is 0 Å². The highest BCUT2D eigenvalue weighted by Crippen LogP contribution is 2.35. The quantitative estimate of drug-likeness (QED) is 0.496. The van der Waals surface area contributed by atoms with Crippen LogP contribution in [0.3, 0.4) is 0 Å². The lowest BCUT2D eigenvalue weighted by atomic mass is 10.2. The van der Waals surface area contributed by atoms with E-state index in [9.17, 15) is 0 Å². The first kappa shape index (κ1) is 19.9. The van der Waals surface area contributed by atoms with Crippen LogP contribution >= 0.6 is 0 Å². The maximum absolute atomic E-state index is 6.27. The van der Waals surface area contributed by atoms with Crippen LogP contribution in [0.4, 0.5) is 11.9 Å². The second-order valence-corrected chi connectivity index (χ2v) is 7.09. The maximum Gasteiger partial charge on any atom is 0.228 e. The van der Waals surface area contributed by atoms with Crippen LogP contribution in [0, 0.1) is 0 Å². The summed E-state index contributed by atoms with van der Waals surface area (Å²) in [6, 6.07) is 9.15. The van der Waals surface area contributed by atoms with E-state index in [0.717, 1.165) is 0 Å². The van der Waals surface area contributed by atoms with Crippen LogP contribution in [0.1, 0.15) is 0 Å². The topological polar surface area (TPSA) is 126 Å². The Kier molecular flexibility index (Phi) is 5.15. The van der Waals surface area contributed by atoms with Gasteiger partial charge < -0.3 is 24.8 Å². The van der Waals surface area contributed by atoms with Crippen molar-refractivity contribution in [3.8, 4) is 28.8 Å². The van der Waals surface area contributed by atoms with Gasteiger partial charge in [-0.3, -0.25) is 4.98 Å². The van der Waals surface area contributed by atoms with Gasteiger partial charge in [-0.25, -0.2) is 4.98 Å². The Labute approximate surface area is 183 Å². The second-order valence-electron chi connectivity index (χ2n) is 7.09. The van der Waals surface area contributed by atoms with Crippen molar-refractivity contribution in [3.05, 3.63) is 36.5 Å². The minimum absolute atomic E-state index is 0.188. The van der Waals surface area contributed by atoms with Crippen LogP contribution in [0.25, 0.3) is 28.2 Å². The highest BCUT2D eigenvalue weighted by molar-refractivity contribution is 5.90. The van der Waals surface area contributed by atoms with Crippen LogP contribution in [0.2, 0.25) is 0 Å². The van der Waals surface area contributed by atoms with Gasteiger partial charge in [0, 0.05) is 30.7 Å². The standard InChI is InChI=1S/C21H22N8O3/c1-30-16-11-13-15(12-17(16)31-2)24-21(28-7-9-32-10-8-28)26-19(13)29-20(22)25-18(27-29)14-5-3-4-6-23-14/h3-6,11-12H,7-10H2,1-2H3,(H2,22,25,27). The molecular weight excluding hydrogens is 412 g/mol. The Morgan fingerprint density at radius 3 is 2.50 bits per heavy atom. The van der Waals surface area contributed by atoms with Crippen molar-refractivity contribution in [1.29, 1.82) is 0 Å². The molecule has 5 rings (SSSR count). The maximum atomic E-state index is 6.27. The largest absolute Gasteiger partial charge is 0.493 e. The van der Waals surface area contributed by atoms with Gasteiger partial charge in [0.15, 0.2) is 17.3 Å². The molecule has 1 aliphatic heterocycles. The Morgan fingerprint density at radius 1 is 1.00 bits per heavy atom. The normalized spacial score (nSPS) is 14.0. The molecule has 11 heteroatoms. The van der Waals surface area contributed by atoms with Crippen LogP contribution in [0.15, 0.2) is 36.5 Å². The SMILES string of the molecule is COc1cc2nc(N3CCOCC3)nc(-n3nc(-c4ccccn4)nc3N)c2cc1OC. The summed E-state index contributed by atoms with van der Waals surface area (Å²) in [5.41, 5.74) is 7.55. The van der Waals surface area contributed by atoms with E-state index in [1.54, 1.807) is 20.4 Å². The summed E-state index contributed by atoms with van der Waals surface area (Å²) < 4.78 is 17.9. The van der Waals surface area contributed by atoms with Gasteiger partial charge in [0.25, 0.3) is 0 Å². The van der Waals surface area contributed by atoms with Gasteiger partial charge in [0.1, 0.15) is 5.69 Å². The molecular formula is C21H22N8O3. The van der Waals surface area contributed by atoms with Crippen LogP contribution in [0.5, 0.6) is 11.5 Å². The molecule has 32 heavy (non-hydrogen) atoms. The molecule has 0 saturated carbocycles.